The van der Waals surface area contributed by atoms with Crippen molar-refractivity contribution in [2.75, 3.05) is 0 Å². The largest absolute Gasteiger partial charge is 1.00 e. The van der Waals surface area contributed by atoms with E-state index in [0.29, 0.717) is 0 Å². The molecule has 0 heterocycles. The van der Waals surface area contributed by atoms with E-state index in [0.717, 1.165) is 0 Å². The second-order valence-electron chi connectivity index (χ2n) is 4.59. The van der Waals surface area contributed by atoms with E-state index in [1.807, 2.05) is 0 Å². The Morgan fingerprint density at radius 3 is 0.870 bits per heavy atom. The maximum atomic E-state index is 10.8. The molecule has 0 aromatic heterocycles. The van der Waals surface area contributed by atoms with E-state index in [1.54, 1.807) is 0 Å². The van der Waals surface area contributed by atoms with Gasteiger partial charge in [0.15, 0.2) is 0 Å². The molecule has 0 spiro atoms. The normalized spacial score (nSPS) is 10.3. The van der Waals surface area contributed by atoms with Crippen molar-refractivity contribution >= 4 is 23.9 Å². The van der Waals surface area contributed by atoms with Gasteiger partial charge in [0.05, 0.1) is 36.8 Å². The van der Waals surface area contributed by atoms with Gasteiger partial charge >= 0.3 is 83.0 Å². The van der Waals surface area contributed by atoms with Crippen LogP contribution in [0.25, 0.3) is 0 Å². The van der Waals surface area contributed by atoms with E-state index in [1.165, 1.54) is 0 Å². The van der Waals surface area contributed by atoms with Crippen molar-refractivity contribution in [2.24, 2.45) is 11.5 Å². The van der Waals surface area contributed by atoms with Crippen molar-refractivity contribution in [1.29, 1.82) is 0 Å². The second kappa shape index (κ2) is 12.2. The van der Waals surface area contributed by atoms with Crippen LogP contribution >= 0.6 is 0 Å². The van der Waals surface area contributed by atoms with E-state index in [4.69, 9.17) is 31.9 Å². The van der Waals surface area contributed by atoms with Gasteiger partial charge in [0.2, 0.25) is 0 Å². The Labute approximate surface area is 178 Å². The van der Waals surface area contributed by atoms with Gasteiger partial charge in [-0.1, -0.05) is 0 Å². The Balaban J connectivity index is -0.000000180. The molecule has 0 bridgehead atoms. The molecule has 0 rings (SSSR count). The predicted molar refractivity (Wildman–Crippen MR) is 68.7 cm³/mol. The number of carboxylic acids is 4. The van der Waals surface area contributed by atoms with Gasteiger partial charge in [-0.15, -0.1) is 0 Å². The SMILES string of the molecule is NC(CC(=O)O)(CC(=O)O)C(N)(CC(=O)O)CC(=O)O.O.[H-].[H-].[Na+].[Na+]. The van der Waals surface area contributed by atoms with E-state index >= 15 is 0 Å². The zero-order valence-corrected chi connectivity index (χ0v) is 16.9. The summed E-state index contributed by atoms with van der Waals surface area (Å²) in [7, 11) is 0. The number of carbonyl (C=O) groups is 4. The molecule has 23 heavy (non-hydrogen) atoms. The molecule has 11 nitrogen and oxygen atoms in total. The Hall–Kier alpha value is -0.240. The Kier molecular flexibility index (Phi) is 16.2. The van der Waals surface area contributed by atoms with Gasteiger partial charge in [-0.25, -0.2) is 0 Å². The maximum absolute atomic E-state index is 10.8. The van der Waals surface area contributed by atoms with Crippen LogP contribution < -0.4 is 70.6 Å². The van der Waals surface area contributed by atoms with E-state index in [2.05, 4.69) is 0 Å². The number of hydrogen-bond donors (Lipinski definition) is 6. The number of nitrogens with two attached hydrogens (primary N) is 2. The summed E-state index contributed by atoms with van der Waals surface area (Å²) in [6, 6.07) is 0. The third-order valence-electron chi connectivity index (χ3n) is 2.86. The van der Waals surface area contributed by atoms with Gasteiger partial charge < -0.3 is 40.2 Å². The van der Waals surface area contributed by atoms with Gasteiger partial charge in [-0.3, -0.25) is 19.2 Å². The van der Waals surface area contributed by atoms with Crippen molar-refractivity contribution in [3.8, 4) is 0 Å². The number of aliphatic carboxylic acids is 4. The monoisotopic (exact) mass is 358 g/mol. The fourth-order valence-electron chi connectivity index (χ4n) is 1.91. The molecule has 10 N–H and O–H groups in total. The van der Waals surface area contributed by atoms with Crippen LogP contribution in [0.2, 0.25) is 0 Å². The van der Waals surface area contributed by atoms with Crippen LogP contribution in [0.15, 0.2) is 0 Å². The van der Waals surface area contributed by atoms with Crippen LogP contribution in [-0.4, -0.2) is 60.9 Å². The van der Waals surface area contributed by atoms with Crippen molar-refractivity contribution in [3.05, 3.63) is 0 Å². The first-order valence-electron chi connectivity index (χ1n) is 5.37. The van der Waals surface area contributed by atoms with Crippen LogP contribution in [0.4, 0.5) is 0 Å². The van der Waals surface area contributed by atoms with Crippen molar-refractivity contribution in [2.45, 2.75) is 36.8 Å². The zero-order chi connectivity index (χ0) is 16.1. The molecule has 0 unspecified atom stereocenters. The van der Waals surface area contributed by atoms with Crippen molar-refractivity contribution in [1.82, 2.24) is 0 Å². The Bertz CT molecular complexity index is 382. The molecular weight excluding hydrogens is 338 g/mol. The summed E-state index contributed by atoms with van der Waals surface area (Å²) in [6.07, 6.45) is -3.90. The Morgan fingerprint density at radius 1 is 0.652 bits per heavy atom. The molecule has 0 aliphatic carbocycles. The molecule has 126 valence electrons. The fourth-order valence-corrected chi connectivity index (χ4v) is 1.91. The first-order chi connectivity index (χ1) is 8.92. The summed E-state index contributed by atoms with van der Waals surface area (Å²) in [5.74, 6) is -6.06. The minimum Gasteiger partial charge on any atom is -1.00 e. The van der Waals surface area contributed by atoms with Crippen LogP contribution in [0, 0.1) is 0 Å². The minimum absolute atomic E-state index is 0. The second-order valence-corrected chi connectivity index (χ2v) is 4.59. The molecule has 0 aliphatic rings. The molecule has 0 fully saturated rings. The van der Waals surface area contributed by atoms with Gasteiger partial charge in [0.1, 0.15) is 0 Å². The predicted octanol–water partition coefficient (Wildman–Crippen LogP) is -8.31. The van der Waals surface area contributed by atoms with Gasteiger partial charge in [-0.2, -0.15) is 0 Å². The van der Waals surface area contributed by atoms with Gasteiger partial charge in [0.25, 0.3) is 0 Å². The summed E-state index contributed by atoms with van der Waals surface area (Å²) < 4.78 is 0. The molecule has 0 radical (unpaired) electrons. The molecule has 0 aromatic rings. The number of hydrogen-bond acceptors (Lipinski definition) is 6. The van der Waals surface area contributed by atoms with Gasteiger partial charge in [-0.05, 0) is 0 Å². The Morgan fingerprint density at radius 2 is 0.783 bits per heavy atom. The van der Waals surface area contributed by atoms with E-state index in [9.17, 15) is 19.2 Å². The van der Waals surface area contributed by atoms with Gasteiger partial charge in [0, 0.05) is 0 Å². The van der Waals surface area contributed by atoms with E-state index in [-0.39, 0.29) is 67.4 Å². The molecule has 0 saturated heterocycles. The average Bonchev–Trinajstić information content (AvgIpc) is 2.10. The molecule has 0 amide bonds. The van der Waals surface area contributed by atoms with E-state index < -0.39 is 60.6 Å². The standard InChI is InChI=1S/C10H16N2O8.2Na.H2O.2H/c11-9(1-5(13)14,2-6(15)16)10(12,3-7(17)18)4-8(19)20;;;;;/h1-4,11-12H2,(H,13,14)(H,15,16)(H,17,18)(H,19,20);;;1H2;;/q;2*+1;;2*-1. The molecule has 0 aliphatic heterocycles. The maximum Gasteiger partial charge on any atom is 1.00 e. The number of rotatable bonds is 9. The molecule has 13 heteroatoms. The zero-order valence-electron chi connectivity index (χ0n) is 14.9. The first kappa shape index (κ1) is 30.6. The quantitative estimate of drug-likeness (QED) is 0.213. The van der Waals surface area contributed by atoms with Crippen LogP contribution in [0.1, 0.15) is 28.5 Å². The summed E-state index contributed by atoms with van der Waals surface area (Å²) >= 11 is 0. The van der Waals surface area contributed by atoms with Crippen molar-refractivity contribution < 1.29 is 107 Å². The summed E-state index contributed by atoms with van der Waals surface area (Å²) in [4.78, 5) is 43.2. The third-order valence-corrected chi connectivity index (χ3v) is 2.86. The molecule has 0 aromatic carbocycles. The van der Waals surface area contributed by atoms with Crippen molar-refractivity contribution in [3.63, 3.8) is 0 Å². The minimum atomic E-state index is -2.22. The first-order valence-corrected chi connectivity index (χ1v) is 5.37. The fraction of sp³-hybridized carbons (Fsp3) is 0.600. The topological polar surface area (TPSA) is 233 Å². The molecular formula is C10H20N2Na2O9. The van der Waals surface area contributed by atoms with Crippen LogP contribution in [-0.2, 0) is 19.2 Å². The molecule has 0 saturated carbocycles. The summed E-state index contributed by atoms with van der Waals surface area (Å²) in [5.41, 5.74) is 6.88. The summed E-state index contributed by atoms with van der Waals surface area (Å²) in [5, 5.41) is 35.1. The van der Waals surface area contributed by atoms with Crippen LogP contribution in [0.3, 0.4) is 0 Å². The smallest absolute Gasteiger partial charge is 1.00 e. The van der Waals surface area contributed by atoms with Crippen LogP contribution in [0.5, 0.6) is 0 Å². The third kappa shape index (κ3) is 10.3. The molecule has 0 atom stereocenters. The number of carboxylic acid groups (broad SMARTS) is 4. The average molecular weight is 358 g/mol. The summed E-state index contributed by atoms with van der Waals surface area (Å²) in [6.45, 7) is 0.